The van der Waals surface area contributed by atoms with Crippen LogP contribution in [0, 0.1) is 6.92 Å². The Morgan fingerprint density at radius 3 is 2.76 bits per heavy atom. The first-order chi connectivity index (χ1) is 14.1. The van der Waals surface area contributed by atoms with Gasteiger partial charge in [-0.3, -0.25) is 0 Å². The van der Waals surface area contributed by atoms with Gasteiger partial charge in [0.2, 0.25) is 0 Å². The van der Waals surface area contributed by atoms with E-state index in [1.807, 2.05) is 54.1 Å². The van der Waals surface area contributed by atoms with Crippen molar-refractivity contribution in [1.29, 1.82) is 0 Å². The molecule has 0 radical (unpaired) electrons. The molecule has 8 nitrogen and oxygen atoms in total. The molecule has 8 heteroatoms. The molecule has 1 aromatic carbocycles. The van der Waals surface area contributed by atoms with Gasteiger partial charge in [-0.1, -0.05) is 6.07 Å². The van der Waals surface area contributed by atoms with Crippen LogP contribution in [0.3, 0.4) is 0 Å². The van der Waals surface area contributed by atoms with Crippen molar-refractivity contribution in [3.63, 3.8) is 0 Å². The van der Waals surface area contributed by atoms with Gasteiger partial charge in [-0.2, -0.15) is 4.99 Å². The number of ether oxygens (including phenoxy) is 1. The number of pyridine rings is 1. The van der Waals surface area contributed by atoms with E-state index in [1.165, 1.54) is 12.8 Å². The first-order valence-electron chi connectivity index (χ1n) is 9.64. The summed E-state index contributed by atoms with van der Waals surface area (Å²) in [6.07, 6.45) is 6.11. The second-order valence-electron chi connectivity index (χ2n) is 6.98. The minimum atomic E-state index is 0.268. The zero-order valence-corrected chi connectivity index (χ0v) is 16.7. The molecule has 0 spiro atoms. The number of anilines is 2. The number of methoxy groups -OCH3 is 1. The minimum Gasteiger partial charge on any atom is -0.494 e. The van der Waals surface area contributed by atoms with Crippen LogP contribution in [0.2, 0.25) is 0 Å². The third kappa shape index (κ3) is 4.31. The molecule has 0 atom stereocenters. The van der Waals surface area contributed by atoms with Crippen molar-refractivity contribution < 1.29 is 4.74 Å². The molecule has 0 bridgehead atoms. The summed E-state index contributed by atoms with van der Waals surface area (Å²) in [4.78, 5) is 15.6. The number of rotatable bonds is 5. The van der Waals surface area contributed by atoms with Gasteiger partial charge in [-0.05, 0) is 44.0 Å². The van der Waals surface area contributed by atoms with Crippen molar-refractivity contribution >= 4 is 23.3 Å². The molecule has 1 aliphatic heterocycles. The highest BCUT2D eigenvalue weighted by atomic mass is 16.5. The Labute approximate surface area is 170 Å². The van der Waals surface area contributed by atoms with Gasteiger partial charge in [0.15, 0.2) is 11.8 Å². The minimum absolute atomic E-state index is 0.268. The molecule has 3 N–H and O–H groups in total. The highest BCUT2D eigenvalue weighted by molar-refractivity contribution is 5.94. The summed E-state index contributed by atoms with van der Waals surface area (Å²) in [6.45, 7) is 4.02. The number of aromatic nitrogens is 3. The van der Waals surface area contributed by atoms with E-state index in [9.17, 15) is 0 Å². The number of guanidine groups is 1. The third-order valence-electron chi connectivity index (χ3n) is 4.83. The maximum Gasteiger partial charge on any atom is 0.199 e. The summed E-state index contributed by atoms with van der Waals surface area (Å²) in [7, 11) is 1.64. The summed E-state index contributed by atoms with van der Waals surface area (Å²) < 4.78 is 7.45. The van der Waals surface area contributed by atoms with Crippen LogP contribution in [-0.4, -0.2) is 40.7 Å². The lowest BCUT2D eigenvalue weighted by Gasteiger charge is -2.16. The van der Waals surface area contributed by atoms with Crippen LogP contribution in [0.5, 0.6) is 5.75 Å². The van der Waals surface area contributed by atoms with Crippen molar-refractivity contribution in [3.05, 3.63) is 54.6 Å². The van der Waals surface area contributed by atoms with Gasteiger partial charge >= 0.3 is 0 Å². The normalized spacial score (nSPS) is 14.3. The zero-order chi connectivity index (χ0) is 20.2. The predicted octanol–water partition coefficient (Wildman–Crippen LogP) is 3.24. The highest BCUT2D eigenvalue weighted by Gasteiger charge is 2.13. The fourth-order valence-corrected chi connectivity index (χ4v) is 3.42. The van der Waals surface area contributed by atoms with Gasteiger partial charge in [0.1, 0.15) is 11.6 Å². The first kappa shape index (κ1) is 18.8. The van der Waals surface area contributed by atoms with Gasteiger partial charge in [0.25, 0.3) is 0 Å². The monoisotopic (exact) mass is 391 g/mol. The number of nitrogens with two attached hydrogens (primary N) is 1. The van der Waals surface area contributed by atoms with E-state index in [0.717, 1.165) is 36.0 Å². The third-order valence-corrected chi connectivity index (χ3v) is 4.83. The molecule has 4 rings (SSSR count). The summed E-state index contributed by atoms with van der Waals surface area (Å²) in [5.41, 5.74) is 8.73. The molecule has 0 saturated carbocycles. The highest BCUT2D eigenvalue weighted by Crippen LogP contribution is 2.27. The molecule has 3 heterocycles. The lowest BCUT2D eigenvalue weighted by molar-refractivity contribution is 0.413. The van der Waals surface area contributed by atoms with Crippen molar-refractivity contribution in [1.82, 2.24) is 14.5 Å². The van der Waals surface area contributed by atoms with E-state index in [1.54, 1.807) is 13.4 Å². The fourth-order valence-electron chi connectivity index (χ4n) is 3.42. The van der Waals surface area contributed by atoms with Crippen molar-refractivity contribution in [3.8, 4) is 11.4 Å². The number of imidazole rings is 1. The predicted molar refractivity (Wildman–Crippen MR) is 115 cm³/mol. The van der Waals surface area contributed by atoms with Crippen LogP contribution < -0.4 is 20.7 Å². The number of hydrogen-bond donors (Lipinski definition) is 2. The number of nitrogens with one attached hydrogen (secondary N) is 1. The lowest BCUT2D eigenvalue weighted by Crippen LogP contribution is -2.22. The topological polar surface area (TPSA) is 93.6 Å². The Balaban J connectivity index is 1.52. The summed E-state index contributed by atoms with van der Waals surface area (Å²) in [6, 6.07) is 11.6. The maximum atomic E-state index is 6.11. The lowest BCUT2D eigenvalue weighted by atomic mass is 10.2. The largest absolute Gasteiger partial charge is 0.494 e. The van der Waals surface area contributed by atoms with Crippen molar-refractivity contribution in [2.75, 3.05) is 30.4 Å². The summed E-state index contributed by atoms with van der Waals surface area (Å²) in [5, 5.41) is 3.11. The fraction of sp³-hybridized carbons (Fsp3) is 0.286. The maximum absolute atomic E-state index is 6.11. The average Bonchev–Trinajstić information content (AvgIpc) is 3.40. The Morgan fingerprint density at radius 1 is 1.21 bits per heavy atom. The molecule has 0 aliphatic carbocycles. The van der Waals surface area contributed by atoms with Crippen LogP contribution in [-0.2, 0) is 0 Å². The number of nitrogens with zero attached hydrogens (tertiary/aromatic N) is 5. The number of aryl methyl sites for hydroxylation is 1. The average molecular weight is 391 g/mol. The van der Waals surface area contributed by atoms with Gasteiger partial charge in [-0.25, -0.2) is 9.97 Å². The Hall–Kier alpha value is -3.55. The van der Waals surface area contributed by atoms with E-state index >= 15 is 0 Å². The molecule has 1 saturated heterocycles. The van der Waals surface area contributed by atoms with Gasteiger partial charge in [0.05, 0.1) is 24.8 Å². The molecule has 1 fully saturated rings. The van der Waals surface area contributed by atoms with E-state index in [2.05, 4.69) is 25.2 Å². The molecule has 0 amide bonds. The Morgan fingerprint density at radius 2 is 2.03 bits per heavy atom. The zero-order valence-electron chi connectivity index (χ0n) is 16.7. The van der Waals surface area contributed by atoms with E-state index in [-0.39, 0.29) is 5.96 Å². The van der Waals surface area contributed by atoms with E-state index < -0.39 is 0 Å². The van der Waals surface area contributed by atoms with Gasteiger partial charge in [0, 0.05) is 31.0 Å². The molecule has 1 aliphatic rings. The van der Waals surface area contributed by atoms with E-state index in [0.29, 0.717) is 11.6 Å². The second kappa shape index (κ2) is 8.22. The molecule has 0 unspecified atom stereocenters. The standard InChI is InChI=1S/C21H25N7O/c1-15-13-28(14-23-15)17-9-8-16(12-18(17)29-2)24-21(22)26-19-6-5-7-20(25-19)27-10-3-4-11-27/h5-9,12-14H,3-4,10-11H2,1-2H3,(H3,22,24,25,26). The molecule has 2 aromatic heterocycles. The number of benzene rings is 1. The van der Waals surface area contributed by atoms with Crippen LogP contribution >= 0.6 is 0 Å². The summed E-state index contributed by atoms with van der Waals surface area (Å²) >= 11 is 0. The molecule has 150 valence electrons. The second-order valence-corrected chi connectivity index (χ2v) is 6.98. The smallest absolute Gasteiger partial charge is 0.199 e. The van der Waals surface area contributed by atoms with Crippen molar-refractivity contribution in [2.24, 2.45) is 10.7 Å². The SMILES string of the molecule is COc1cc(NC(N)=Nc2cccc(N3CCCC3)n2)ccc1-n1cnc(C)c1. The van der Waals surface area contributed by atoms with Crippen LogP contribution in [0.4, 0.5) is 17.3 Å². The Bertz CT molecular complexity index is 1020. The molecular weight excluding hydrogens is 366 g/mol. The number of aliphatic imine (C=N–C) groups is 1. The van der Waals surface area contributed by atoms with Crippen molar-refractivity contribution in [2.45, 2.75) is 19.8 Å². The van der Waals surface area contributed by atoms with Crippen LogP contribution in [0.25, 0.3) is 5.69 Å². The van der Waals surface area contributed by atoms with Crippen LogP contribution in [0.15, 0.2) is 53.9 Å². The molecule has 29 heavy (non-hydrogen) atoms. The molecular formula is C21H25N7O. The Kier molecular flexibility index (Phi) is 5.33. The quantitative estimate of drug-likeness (QED) is 0.512. The van der Waals surface area contributed by atoms with Gasteiger partial charge in [-0.15, -0.1) is 0 Å². The summed E-state index contributed by atoms with van der Waals surface area (Å²) in [5.74, 6) is 2.49. The van der Waals surface area contributed by atoms with Crippen LogP contribution in [0.1, 0.15) is 18.5 Å². The first-order valence-corrected chi connectivity index (χ1v) is 9.64. The van der Waals surface area contributed by atoms with Gasteiger partial charge < -0.3 is 25.3 Å². The van der Waals surface area contributed by atoms with E-state index in [4.69, 9.17) is 10.5 Å². The molecule has 3 aromatic rings. The number of hydrogen-bond acceptors (Lipinski definition) is 5.